The van der Waals surface area contributed by atoms with Crippen molar-refractivity contribution in [3.63, 3.8) is 0 Å². The van der Waals surface area contributed by atoms with Gasteiger partial charge in [-0.2, -0.15) is 5.10 Å². The van der Waals surface area contributed by atoms with E-state index in [0.29, 0.717) is 22.9 Å². The number of nitrogens with zero attached hydrogens (tertiary/aromatic N) is 1. The van der Waals surface area contributed by atoms with E-state index in [2.05, 4.69) is 31.8 Å². The van der Waals surface area contributed by atoms with Crippen LogP contribution < -0.4 is 20.2 Å². The second-order valence-corrected chi connectivity index (χ2v) is 8.57. The van der Waals surface area contributed by atoms with Crippen molar-refractivity contribution in [3.05, 3.63) is 86.3 Å². The number of halogens is 3. The van der Waals surface area contributed by atoms with Crippen molar-refractivity contribution in [2.75, 3.05) is 11.9 Å². The zero-order valence-corrected chi connectivity index (χ0v) is 21.3. The molecule has 0 aromatic heterocycles. The monoisotopic (exact) mass is 577 g/mol. The van der Waals surface area contributed by atoms with Gasteiger partial charge in [0.2, 0.25) is 0 Å². The van der Waals surface area contributed by atoms with Crippen LogP contribution in [0.1, 0.15) is 22.8 Å². The van der Waals surface area contributed by atoms with Gasteiger partial charge in [0.05, 0.1) is 23.4 Å². The summed E-state index contributed by atoms with van der Waals surface area (Å²) in [5.41, 5.74) is 3.28. The average molecular weight is 579 g/mol. The first-order chi connectivity index (χ1) is 16.8. The van der Waals surface area contributed by atoms with E-state index in [0.717, 1.165) is 4.47 Å². The van der Waals surface area contributed by atoms with Crippen LogP contribution in [0.2, 0.25) is 10.0 Å². The molecule has 0 atom stereocenters. The second-order valence-electron chi connectivity index (χ2n) is 6.81. The third kappa shape index (κ3) is 7.54. The van der Waals surface area contributed by atoms with Gasteiger partial charge in [0.15, 0.2) is 11.5 Å². The van der Waals surface area contributed by atoms with Crippen molar-refractivity contribution in [1.29, 1.82) is 0 Å². The van der Waals surface area contributed by atoms with E-state index in [9.17, 15) is 14.4 Å². The summed E-state index contributed by atoms with van der Waals surface area (Å²) in [6, 6.07) is 15.8. The number of hydrogen-bond donors (Lipinski definition) is 2. The van der Waals surface area contributed by atoms with E-state index in [-0.39, 0.29) is 22.1 Å². The molecule has 2 amide bonds. The number of carbonyl (C=O) groups is 3. The first kappa shape index (κ1) is 26.2. The fourth-order valence-electron chi connectivity index (χ4n) is 2.70. The molecule has 0 aliphatic rings. The average Bonchev–Trinajstić information content (AvgIpc) is 2.82. The molecule has 8 nitrogen and oxygen atoms in total. The van der Waals surface area contributed by atoms with Gasteiger partial charge in [0.25, 0.3) is 0 Å². The number of amides is 2. The maximum absolute atomic E-state index is 12.5. The largest absolute Gasteiger partial charge is 0.490 e. The van der Waals surface area contributed by atoms with Crippen LogP contribution in [0.15, 0.2) is 70.2 Å². The molecule has 3 aromatic rings. The van der Waals surface area contributed by atoms with E-state index >= 15 is 0 Å². The van der Waals surface area contributed by atoms with Crippen molar-refractivity contribution in [2.45, 2.75) is 6.92 Å². The van der Waals surface area contributed by atoms with Crippen LogP contribution in [0.3, 0.4) is 0 Å². The SMILES string of the molecule is CCOc1cc(/C=N/NC(=O)C(=O)Nc2ccc(Br)cc2)ccc1OC(=O)c1ccc(Cl)cc1Cl. The maximum atomic E-state index is 12.5. The molecular formula is C24H18BrCl2N3O5. The second kappa shape index (κ2) is 12.3. The molecule has 11 heteroatoms. The maximum Gasteiger partial charge on any atom is 0.345 e. The van der Waals surface area contributed by atoms with E-state index in [1.165, 1.54) is 30.5 Å². The third-order valence-electron chi connectivity index (χ3n) is 4.31. The number of ether oxygens (including phenoxy) is 2. The third-order valence-corrected chi connectivity index (χ3v) is 5.39. The van der Waals surface area contributed by atoms with Crippen LogP contribution in [-0.4, -0.2) is 30.6 Å². The van der Waals surface area contributed by atoms with Crippen LogP contribution in [-0.2, 0) is 9.59 Å². The summed E-state index contributed by atoms with van der Waals surface area (Å²) in [7, 11) is 0. The van der Waals surface area contributed by atoms with Crippen LogP contribution >= 0.6 is 39.1 Å². The van der Waals surface area contributed by atoms with Gasteiger partial charge in [0, 0.05) is 15.2 Å². The van der Waals surface area contributed by atoms with Gasteiger partial charge >= 0.3 is 17.8 Å². The topological polar surface area (TPSA) is 106 Å². The van der Waals surface area contributed by atoms with Crippen LogP contribution in [0, 0.1) is 0 Å². The normalized spacial score (nSPS) is 10.6. The van der Waals surface area contributed by atoms with Crippen molar-refractivity contribution in [1.82, 2.24) is 5.43 Å². The van der Waals surface area contributed by atoms with Crippen molar-refractivity contribution >= 4 is 68.8 Å². The minimum Gasteiger partial charge on any atom is -0.490 e. The molecular weight excluding hydrogens is 561 g/mol. The number of rotatable bonds is 7. The molecule has 3 aromatic carbocycles. The number of esters is 1. The number of anilines is 1. The molecule has 0 spiro atoms. The van der Waals surface area contributed by atoms with E-state index in [1.54, 1.807) is 43.3 Å². The first-order valence-electron chi connectivity index (χ1n) is 10.1. The highest BCUT2D eigenvalue weighted by molar-refractivity contribution is 9.10. The van der Waals surface area contributed by atoms with Crippen molar-refractivity contribution in [3.8, 4) is 11.5 Å². The molecule has 0 radical (unpaired) electrons. The van der Waals surface area contributed by atoms with Gasteiger partial charge in [-0.1, -0.05) is 39.1 Å². The Hall–Kier alpha value is -3.40. The standard InChI is InChI=1S/C24H18BrCl2N3O5/c1-2-34-21-11-14(3-10-20(21)35-24(33)18-9-6-16(26)12-19(18)27)13-28-30-23(32)22(31)29-17-7-4-15(25)5-8-17/h3-13H,2H2,1H3,(H,29,31)(H,30,32)/b28-13+. The molecule has 0 bridgehead atoms. The highest BCUT2D eigenvalue weighted by atomic mass is 79.9. The predicted molar refractivity (Wildman–Crippen MR) is 138 cm³/mol. The Kier molecular flexibility index (Phi) is 9.25. The van der Waals surface area contributed by atoms with Crippen molar-refractivity contribution < 1.29 is 23.9 Å². The minimum absolute atomic E-state index is 0.147. The fourth-order valence-corrected chi connectivity index (χ4v) is 3.45. The Balaban J connectivity index is 1.65. The molecule has 0 aliphatic carbocycles. The Morgan fingerprint density at radius 2 is 1.71 bits per heavy atom. The number of benzene rings is 3. The van der Waals surface area contributed by atoms with Gasteiger partial charge in [-0.25, -0.2) is 10.2 Å². The molecule has 0 saturated heterocycles. The molecule has 180 valence electrons. The molecule has 35 heavy (non-hydrogen) atoms. The van der Waals surface area contributed by atoms with Gasteiger partial charge in [-0.3, -0.25) is 9.59 Å². The molecule has 0 saturated carbocycles. The van der Waals surface area contributed by atoms with Gasteiger partial charge in [-0.05, 0) is 73.2 Å². The lowest BCUT2D eigenvalue weighted by Crippen LogP contribution is -2.32. The number of hydrazone groups is 1. The number of nitrogens with one attached hydrogen (secondary N) is 2. The van der Waals surface area contributed by atoms with E-state index in [1.807, 2.05) is 0 Å². The molecule has 0 aliphatic heterocycles. The lowest BCUT2D eigenvalue weighted by molar-refractivity contribution is -0.136. The Labute approximate surface area is 219 Å². The molecule has 2 N–H and O–H groups in total. The summed E-state index contributed by atoms with van der Waals surface area (Å²) >= 11 is 15.2. The lowest BCUT2D eigenvalue weighted by Gasteiger charge is -2.12. The summed E-state index contributed by atoms with van der Waals surface area (Å²) in [6.45, 7) is 2.08. The molecule has 3 rings (SSSR count). The quantitative estimate of drug-likeness (QED) is 0.127. The Bertz CT molecular complexity index is 1280. The zero-order chi connectivity index (χ0) is 25.4. The summed E-state index contributed by atoms with van der Waals surface area (Å²) in [4.78, 5) is 36.5. The van der Waals surface area contributed by atoms with Crippen LogP contribution in [0.5, 0.6) is 11.5 Å². The lowest BCUT2D eigenvalue weighted by atomic mass is 10.2. The Morgan fingerprint density at radius 1 is 0.971 bits per heavy atom. The van der Waals surface area contributed by atoms with Crippen LogP contribution in [0.4, 0.5) is 5.69 Å². The summed E-state index contributed by atoms with van der Waals surface area (Å²) in [5, 5.41) is 6.80. The van der Waals surface area contributed by atoms with Crippen LogP contribution in [0.25, 0.3) is 0 Å². The highest BCUT2D eigenvalue weighted by Gasteiger charge is 2.17. The summed E-state index contributed by atoms with van der Waals surface area (Å²) in [5.74, 6) is -2.06. The molecule has 0 unspecified atom stereocenters. The smallest absolute Gasteiger partial charge is 0.345 e. The summed E-state index contributed by atoms with van der Waals surface area (Å²) in [6.07, 6.45) is 1.31. The zero-order valence-electron chi connectivity index (χ0n) is 18.2. The predicted octanol–water partition coefficient (Wildman–Crippen LogP) is 5.46. The van der Waals surface area contributed by atoms with Gasteiger partial charge in [0.1, 0.15) is 0 Å². The fraction of sp³-hybridized carbons (Fsp3) is 0.0833. The number of hydrogen-bond acceptors (Lipinski definition) is 6. The molecule has 0 heterocycles. The van der Waals surface area contributed by atoms with E-state index in [4.69, 9.17) is 32.7 Å². The van der Waals surface area contributed by atoms with E-state index < -0.39 is 17.8 Å². The molecule has 0 fully saturated rings. The van der Waals surface area contributed by atoms with Gasteiger partial charge < -0.3 is 14.8 Å². The van der Waals surface area contributed by atoms with Gasteiger partial charge in [-0.15, -0.1) is 0 Å². The first-order valence-corrected chi connectivity index (χ1v) is 11.7. The highest BCUT2D eigenvalue weighted by Crippen LogP contribution is 2.30. The van der Waals surface area contributed by atoms with Crippen molar-refractivity contribution in [2.24, 2.45) is 5.10 Å². The summed E-state index contributed by atoms with van der Waals surface area (Å²) < 4.78 is 11.8. The Morgan fingerprint density at radius 3 is 2.40 bits per heavy atom. The minimum atomic E-state index is -0.945. The number of carbonyl (C=O) groups excluding carboxylic acids is 3.